The van der Waals surface area contributed by atoms with Crippen LogP contribution in [0, 0.1) is 0 Å². The van der Waals surface area contributed by atoms with Crippen LogP contribution in [0.15, 0.2) is 0 Å². The van der Waals surface area contributed by atoms with Crippen molar-refractivity contribution in [3.8, 4) is 0 Å². The van der Waals surface area contributed by atoms with Gasteiger partial charge in [-0.15, -0.1) is 0 Å². The second-order valence-corrected chi connectivity index (χ2v) is 8.56. The van der Waals surface area contributed by atoms with Crippen LogP contribution in [0.25, 0.3) is 0 Å². The Morgan fingerprint density at radius 3 is 1.62 bits per heavy atom. The summed E-state index contributed by atoms with van der Waals surface area (Å²) in [7, 11) is 0. The van der Waals surface area contributed by atoms with Crippen LogP contribution in [-0.2, 0) is 28.6 Å². The topological polar surface area (TPSA) is 99.1 Å². The van der Waals surface area contributed by atoms with E-state index in [1.807, 2.05) is 0 Å². The molecule has 0 aliphatic heterocycles. The lowest BCUT2D eigenvalue weighted by atomic mass is 10.0. The highest BCUT2D eigenvalue weighted by Gasteiger charge is 2.21. The highest BCUT2D eigenvalue weighted by atomic mass is 16.6. The van der Waals surface area contributed by atoms with Gasteiger partial charge in [-0.05, 0) is 12.8 Å². The highest BCUT2D eigenvalue weighted by Crippen LogP contribution is 2.16. The monoisotopic (exact) mass is 458 g/mol. The molecule has 0 bridgehead atoms. The van der Waals surface area contributed by atoms with E-state index in [0.717, 1.165) is 19.3 Å². The Morgan fingerprint density at radius 2 is 1.19 bits per heavy atom. The van der Waals surface area contributed by atoms with E-state index in [9.17, 15) is 19.5 Å². The fraction of sp³-hybridized carbons (Fsp3) is 0.880. The molecule has 7 heteroatoms. The number of carbonyl (C=O) groups is 3. The van der Waals surface area contributed by atoms with Crippen LogP contribution in [0.1, 0.15) is 117 Å². The van der Waals surface area contributed by atoms with E-state index in [-0.39, 0.29) is 13.0 Å². The first-order valence-electron chi connectivity index (χ1n) is 12.5. The quantitative estimate of drug-likeness (QED) is 0.142. The van der Waals surface area contributed by atoms with E-state index < -0.39 is 36.7 Å². The minimum Gasteiger partial charge on any atom is -0.462 e. The molecule has 0 spiro atoms. The van der Waals surface area contributed by atoms with Gasteiger partial charge >= 0.3 is 17.9 Å². The lowest BCUT2D eigenvalue weighted by Gasteiger charge is -2.19. The van der Waals surface area contributed by atoms with E-state index in [2.05, 4.69) is 6.92 Å². The SMILES string of the molecule is CCCCCCCCCCCCCCC[C@H](CC(=O)O[C@@H](CO)COC(C)=O)OC(C)=O. The molecule has 0 rings (SSSR count). The van der Waals surface area contributed by atoms with Gasteiger partial charge in [0.05, 0.1) is 13.0 Å². The van der Waals surface area contributed by atoms with Gasteiger partial charge < -0.3 is 19.3 Å². The second kappa shape index (κ2) is 21.2. The molecule has 0 heterocycles. The first-order valence-corrected chi connectivity index (χ1v) is 12.5. The largest absolute Gasteiger partial charge is 0.462 e. The van der Waals surface area contributed by atoms with Gasteiger partial charge in [0.25, 0.3) is 0 Å². The predicted octanol–water partition coefficient (Wildman–Crippen LogP) is 5.26. The molecule has 0 saturated heterocycles. The van der Waals surface area contributed by atoms with Crippen molar-refractivity contribution in [2.24, 2.45) is 0 Å². The standard InChI is InChI=1S/C25H46O7/c1-4-5-6-7-8-9-10-11-12-13-14-15-16-17-23(31-22(3)28)18-25(29)32-24(19-26)20-30-21(2)27/h23-24,26H,4-20H2,1-3H3/t23-,24+/m1/s1. The zero-order chi connectivity index (χ0) is 24.0. The maximum absolute atomic E-state index is 12.1. The van der Waals surface area contributed by atoms with Crippen LogP contribution in [-0.4, -0.2) is 48.4 Å². The van der Waals surface area contributed by atoms with Crippen molar-refractivity contribution in [2.75, 3.05) is 13.2 Å². The fourth-order valence-electron chi connectivity index (χ4n) is 3.58. The van der Waals surface area contributed by atoms with Crippen LogP contribution in [0.4, 0.5) is 0 Å². The Morgan fingerprint density at radius 1 is 0.688 bits per heavy atom. The lowest BCUT2D eigenvalue weighted by molar-refractivity contribution is -0.164. The van der Waals surface area contributed by atoms with E-state index in [1.54, 1.807) is 0 Å². The summed E-state index contributed by atoms with van der Waals surface area (Å²) in [6, 6.07) is 0. The van der Waals surface area contributed by atoms with Gasteiger partial charge in [0, 0.05) is 13.8 Å². The molecule has 0 amide bonds. The van der Waals surface area contributed by atoms with Gasteiger partial charge in [0.2, 0.25) is 0 Å². The van der Waals surface area contributed by atoms with Crippen molar-refractivity contribution in [2.45, 2.75) is 129 Å². The first-order chi connectivity index (χ1) is 15.4. The molecule has 188 valence electrons. The van der Waals surface area contributed by atoms with Crippen LogP contribution in [0.2, 0.25) is 0 Å². The van der Waals surface area contributed by atoms with Crippen molar-refractivity contribution < 1.29 is 33.7 Å². The summed E-state index contributed by atoms with van der Waals surface area (Å²) in [5.41, 5.74) is 0. The maximum Gasteiger partial charge on any atom is 0.310 e. The summed E-state index contributed by atoms with van der Waals surface area (Å²) in [4.78, 5) is 34.3. The molecule has 0 aromatic carbocycles. The van der Waals surface area contributed by atoms with Crippen LogP contribution < -0.4 is 0 Å². The number of unbranched alkanes of at least 4 members (excludes halogenated alkanes) is 12. The van der Waals surface area contributed by atoms with Gasteiger partial charge in [-0.3, -0.25) is 14.4 Å². The van der Waals surface area contributed by atoms with Gasteiger partial charge in [-0.25, -0.2) is 0 Å². The average Bonchev–Trinajstić information content (AvgIpc) is 2.73. The van der Waals surface area contributed by atoms with Crippen LogP contribution in [0.5, 0.6) is 0 Å². The van der Waals surface area contributed by atoms with Gasteiger partial charge in [0.1, 0.15) is 12.7 Å². The molecule has 0 aromatic rings. The molecule has 0 fully saturated rings. The first kappa shape index (κ1) is 30.4. The predicted molar refractivity (Wildman–Crippen MR) is 124 cm³/mol. The van der Waals surface area contributed by atoms with Crippen LogP contribution >= 0.6 is 0 Å². The fourth-order valence-corrected chi connectivity index (χ4v) is 3.58. The molecule has 0 aliphatic carbocycles. The molecule has 32 heavy (non-hydrogen) atoms. The second-order valence-electron chi connectivity index (χ2n) is 8.56. The number of aliphatic hydroxyl groups excluding tert-OH is 1. The Bertz CT molecular complexity index is 493. The number of esters is 3. The zero-order valence-electron chi connectivity index (χ0n) is 20.6. The summed E-state index contributed by atoms with van der Waals surface area (Å²) in [5.74, 6) is -1.53. The lowest BCUT2D eigenvalue weighted by Crippen LogP contribution is -2.30. The third-order valence-electron chi connectivity index (χ3n) is 5.33. The number of rotatable bonds is 21. The maximum atomic E-state index is 12.1. The molecule has 0 unspecified atom stereocenters. The zero-order valence-corrected chi connectivity index (χ0v) is 20.6. The summed E-state index contributed by atoms with van der Waals surface area (Å²) in [6.07, 6.45) is 15.3. The summed E-state index contributed by atoms with van der Waals surface area (Å²) in [5, 5.41) is 9.25. The van der Waals surface area contributed by atoms with Crippen molar-refractivity contribution in [1.29, 1.82) is 0 Å². The molecule has 0 aromatic heterocycles. The average molecular weight is 459 g/mol. The third-order valence-corrected chi connectivity index (χ3v) is 5.33. The van der Waals surface area contributed by atoms with E-state index >= 15 is 0 Å². The Labute approximate surface area is 194 Å². The highest BCUT2D eigenvalue weighted by molar-refractivity contribution is 5.71. The van der Waals surface area contributed by atoms with Crippen molar-refractivity contribution in [1.82, 2.24) is 0 Å². The molecule has 1 N–H and O–H groups in total. The number of hydrogen-bond acceptors (Lipinski definition) is 7. The summed E-state index contributed by atoms with van der Waals surface area (Å²) in [6.45, 7) is 4.15. The smallest absolute Gasteiger partial charge is 0.310 e. The molecule has 0 saturated carbocycles. The van der Waals surface area contributed by atoms with Crippen molar-refractivity contribution >= 4 is 17.9 Å². The molecule has 7 nitrogen and oxygen atoms in total. The van der Waals surface area contributed by atoms with E-state index in [4.69, 9.17) is 14.2 Å². The molecule has 0 radical (unpaired) electrons. The molecular formula is C25H46O7. The number of carbonyl (C=O) groups excluding carboxylic acids is 3. The van der Waals surface area contributed by atoms with Crippen molar-refractivity contribution in [3.63, 3.8) is 0 Å². The Hall–Kier alpha value is -1.63. The summed E-state index contributed by atoms with van der Waals surface area (Å²) < 4.78 is 15.1. The number of ether oxygens (including phenoxy) is 3. The third kappa shape index (κ3) is 20.3. The molecular weight excluding hydrogens is 412 g/mol. The van der Waals surface area contributed by atoms with Gasteiger partial charge in [-0.1, -0.05) is 84.0 Å². The van der Waals surface area contributed by atoms with E-state index in [1.165, 1.54) is 78.1 Å². The van der Waals surface area contributed by atoms with Crippen LogP contribution in [0.3, 0.4) is 0 Å². The van der Waals surface area contributed by atoms with E-state index in [0.29, 0.717) is 6.42 Å². The normalized spacial score (nSPS) is 12.8. The molecule has 2 atom stereocenters. The van der Waals surface area contributed by atoms with Crippen molar-refractivity contribution in [3.05, 3.63) is 0 Å². The number of hydrogen-bond donors (Lipinski definition) is 1. The van der Waals surface area contributed by atoms with Gasteiger partial charge in [0.15, 0.2) is 6.10 Å². The number of aliphatic hydroxyl groups is 1. The van der Waals surface area contributed by atoms with Gasteiger partial charge in [-0.2, -0.15) is 0 Å². The minimum absolute atomic E-state index is 0.0750. The molecule has 0 aliphatic rings. The summed E-state index contributed by atoms with van der Waals surface area (Å²) >= 11 is 0. The Balaban J connectivity index is 3.93. The minimum atomic E-state index is -0.916. The Kier molecular flexibility index (Phi) is 20.1.